The summed E-state index contributed by atoms with van der Waals surface area (Å²) in [5.41, 5.74) is 6.69. The van der Waals surface area contributed by atoms with Crippen molar-refractivity contribution >= 4 is 17.2 Å². The molecule has 6 heteroatoms. The van der Waals surface area contributed by atoms with E-state index in [0.717, 1.165) is 21.8 Å². The van der Waals surface area contributed by atoms with E-state index in [0.29, 0.717) is 11.4 Å². The van der Waals surface area contributed by atoms with E-state index in [2.05, 4.69) is 24.4 Å². The Morgan fingerprint density at radius 2 is 2.11 bits per heavy atom. The standard InChI is InChI=1S/C13H18N4OS/c1-7-8(2)16-17(9(7)3)6-11-5-12(13(18)15-14)19-10(11)4/h5H,6,14H2,1-4H3,(H,15,18). The van der Waals surface area contributed by atoms with Crippen LogP contribution in [0.4, 0.5) is 0 Å². The number of rotatable bonds is 3. The number of hydrogen-bond donors (Lipinski definition) is 2. The Hall–Kier alpha value is -1.66. The monoisotopic (exact) mass is 278 g/mol. The number of aromatic nitrogens is 2. The van der Waals surface area contributed by atoms with Crippen LogP contribution in [0, 0.1) is 27.7 Å². The molecule has 2 aromatic heterocycles. The van der Waals surface area contributed by atoms with Crippen LogP contribution in [0.1, 0.15) is 37.1 Å². The summed E-state index contributed by atoms with van der Waals surface area (Å²) in [4.78, 5) is 13.3. The lowest BCUT2D eigenvalue weighted by atomic mass is 10.2. The third-order valence-electron chi connectivity index (χ3n) is 3.44. The fourth-order valence-electron chi connectivity index (χ4n) is 1.96. The van der Waals surface area contributed by atoms with Crippen LogP contribution in [0.25, 0.3) is 0 Å². The highest BCUT2D eigenvalue weighted by atomic mass is 32.1. The number of thiophene rings is 1. The van der Waals surface area contributed by atoms with Gasteiger partial charge in [0.1, 0.15) is 0 Å². The second-order valence-electron chi connectivity index (χ2n) is 4.62. The van der Waals surface area contributed by atoms with Gasteiger partial charge in [0.15, 0.2) is 0 Å². The van der Waals surface area contributed by atoms with Crippen molar-refractivity contribution in [2.24, 2.45) is 5.84 Å². The minimum Gasteiger partial charge on any atom is -0.289 e. The topological polar surface area (TPSA) is 72.9 Å². The molecule has 1 amide bonds. The number of nitrogens with two attached hydrogens (primary N) is 1. The summed E-state index contributed by atoms with van der Waals surface area (Å²) in [6.45, 7) is 8.83. The Morgan fingerprint density at radius 1 is 1.42 bits per heavy atom. The summed E-state index contributed by atoms with van der Waals surface area (Å²) < 4.78 is 1.98. The maximum Gasteiger partial charge on any atom is 0.275 e. The third-order valence-corrected chi connectivity index (χ3v) is 4.53. The molecule has 102 valence electrons. The number of nitrogens with zero attached hydrogens (tertiary/aromatic N) is 2. The van der Waals surface area contributed by atoms with Crippen molar-refractivity contribution in [2.75, 3.05) is 0 Å². The zero-order chi connectivity index (χ0) is 14.2. The molecule has 2 rings (SSSR count). The lowest BCUT2D eigenvalue weighted by Crippen LogP contribution is -2.29. The summed E-state index contributed by atoms with van der Waals surface area (Å²) in [6, 6.07) is 1.88. The summed E-state index contributed by atoms with van der Waals surface area (Å²) in [5, 5.41) is 4.52. The number of hydrazine groups is 1. The molecular weight excluding hydrogens is 260 g/mol. The molecule has 19 heavy (non-hydrogen) atoms. The third kappa shape index (κ3) is 2.54. The molecule has 0 fully saturated rings. The Labute approximate surface area is 116 Å². The summed E-state index contributed by atoms with van der Waals surface area (Å²) in [5.74, 6) is 4.91. The van der Waals surface area contributed by atoms with Crippen molar-refractivity contribution in [1.82, 2.24) is 15.2 Å². The van der Waals surface area contributed by atoms with Gasteiger partial charge in [-0.2, -0.15) is 5.10 Å². The van der Waals surface area contributed by atoms with Gasteiger partial charge in [-0.3, -0.25) is 14.9 Å². The highest BCUT2D eigenvalue weighted by Crippen LogP contribution is 2.23. The van der Waals surface area contributed by atoms with Gasteiger partial charge in [-0.1, -0.05) is 0 Å². The molecular formula is C13H18N4OS. The largest absolute Gasteiger partial charge is 0.289 e. The maximum absolute atomic E-state index is 11.5. The Balaban J connectivity index is 2.31. The molecule has 0 saturated heterocycles. The molecule has 0 aromatic carbocycles. The van der Waals surface area contributed by atoms with Gasteiger partial charge < -0.3 is 0 Å². The maximum atomic E-state index is 11.5. The molecule has 3 N–H and O–H groups in total. The average molecular weight is 278 g/mol. The lowest BCUT2D eigenvalue weighted by Gasteiger charge is -2.04. The molecule has 0 aliphatic rings. The zero-order valence-electron chi connectivity index (χ0n) is 11.6. The Kier molecular flexibility index (Phi) is 3.73. The van der Waals surface area contributed by atoms with Crippen LogP contribution in [0.3, 0.4) is 0 Å². The number of nitrogen functional groups attached to an aromatic ring is 1. The minimum atomic E-state index is -0.246. The lowest BCUT2D eigenvalue weighted by molar-refractivity contribution is 0.0957. The van der Waals surface area contributed by atoms with Crippen LogP contribution in [-0.4, -0.2) is 15.7 Å². The number of amides is 1. The van der Waals surface area contributed by atoms with Gasteiger partial charge in [0.2, 0.25) is 0 Å². The second-order valence-corrected chi connectivity index (χ2v) is 5.88. The molecule has 0 saturated carbocycles. The first-order valence-electron chi connectivity index (χ1n) is 6.05. The summed E-state index contributed by atoms with van der Waals surface area (Å²) in [7, 11) is 0. The highest BCUT2D eigenvalue weighted by Gasteiger charge is 2.14. The predicted octanol–water partition coefficient (Wildman–Crippen LogP) is 1.83. The molecule has 0 unspecified atom stereocenters. The Morgan fingerprint density at radius 3 is 2.63 bits per heavy atom. The molecule has 0 aliphatic carbocycles. The van der Waals surface area contributed by atoms with Crippen LogP contribution in [0.5, 0.6) is 0 Å². The minimum absolute atomic E-state index is 0.246. The molecule has 0 radical (unpaired) electrons. The van der Waals surface area contributed by atoms with Gasteiger partial charge in [0.05, 0.1) is 17.1 Å². The van der Waals surface area contributed by atoms with Crippen molar-refractivity contribution in [2.45, 2.75) is 34.2 Å². The predicted molar refractivity (Wildman–Crippen MR) is 76.2 cm³/mol. The van der Waals surface area contributed by atoms with E-state index >= 15 is 0 Å². The van der Waals surface area contributed by atoms with E-state index in [1.54, 1.807) is 0 Å². The van der Waals surface area contributed by atoms with Gasteiger partial charge in [0.25, 0.3) is 5.91 Å². The number of nitrogens with one attached hydrogen (secondary N) is 1. The van der Waals surface area contributed by atoms with E-state index in [-0.39, 0.29) is 5.91 Å². The quantitative estimate of drug-likeness (QED) is 0.511. The van der Waals surface area contributed by atoms with Crippen LogP contribution < -0.4 is 11.3 Å². The Bertz CT molecular complexity index is 627. The van der Waals surface area contributed by atoms with E-state index in [1.165, 1.54) is 16.9 Å². The van der Waals surface area contributed by atoms with Crippen molar-refractivity contribution in [3.63, 3.8) is 0 Å². The van der Waals surface area contributed by atoms with Crippen LogP contribution in [0.2, 0.25) is 0 Å². The normalized spacial score (nSPS) is 10.8. The number of hydrogen-bond acceptors (Lipinski definition) is 4. The molecule has 0 atom stereocenters. The number of carbonyl (C=O) groups excluding carboxylic acids is 1. The van der Waals surface area contributed by atoms with Crippen molar-refractivity contribution in [3.8, 4) is 0 Å². The first-order valence-corrected chi connectivity index (χ1v) is 6.86. The van der Waals surface area contributed by atoms with E-state index in [1.807, 2.05) is 24.6 Å². The molecule has 0 bridgehead atoms. The molecule has 2 heterocycles. The smallest absolute Gasteiger partial charge is 0.275 e. The first kappa shape index (κ1) is 13.8. The van der Waals surface area contributed by atoms with Crippen molar-refractivity contribution < 1.29 is 4.79 Å². The van der Waals surface area contributed by atoms with Gasteiger partial charge in [-0.25, -0.2) is 5.84 Å². The molecule has 2 aromatic rings. The molecule has 0 aliphatic heterocycles. The number of carbonyl (C=O) groups is 1. The van der Waals surface area contributed by atoms with E-state index in [9.17, 15) is 4.79 Å². The van der Waals surface area contributed by atoms with Gasteiger partial charge in [-0.15, -0.1) is 11.3 Å². The van der Waals surface area contributed by atoms with Crippen LogP contribution in [0.15, 0.2) is 6.07 Å². The van der Waals surface area contributed by atoms with Crippen LogP contribution in [-0.2, 0) is 6.54 Å². The van der Waals surface area contributed by atoms with Gasteiger partial charge >= 0.3 is 0 Å². The van der Waals surface area contributed by atoms with Gasteiger partial charge in [-0.05, 0) is 44.9 Å². The SMILES string of the molecule is Cc1nn(Cc2cc(C(=O)NN)sc2C)c(C)c1C. The van der Waals surface area contributed by atoms with Gasteiger partial charge in [0, 0.05) is 10.6 Å². The van der Waals surface area contributed by atoms with E-state index < -0.39 is 0 Å². The van der Waals surface area contributed by atoms with Crippen molar-refractivity contribution in [1.29, 1.82) is 0 Å². The van der Waals surface area contributed by atoms with Crippen LogP contribution >= 0.6 is 11.3 Å². The fraction of sp³-hybridized carbons (Fsp3) is 0.385. The second kappa shape index (κ2) is 5.14. The van der Waals surface area contributed by atoms with E-state index in [4.69, 9.17) is 5.84 Å². The molecule has 0 spiro atoms. The summed E-state index contributed by atoms with van der Waals surface area (Å²) in [6.07, 6.45) is 0. The molecule has 5 nitrogen and oxygen atoms in total. The number of aryl methyl sites for hydroxylation is 2. The fourth-order valence-corrected chi connectivity index (χ4v) is 2.90. The summed E-state index contributed by atoms with van der Waals surface area (Å²) >= 11 is 1.45. The zero-order valence-corrected chi connectivity index (χ0v) is 12.4. The van der Waals surface area contributed by atoms with Crippen molar-refractivity contribution in [3.05, 3.63) is 38.3 Å². The first-order chi connectivity index (χ1) is 8.93. The average Bonchev–Trinajstić information content (AvgIpc) is 2.86. The highest BCUT2D eigenvalue weighted by molar-refractivity contribution is 7.14.